The van der Waals surface area contributed by atoms with E-state index in [1.807, 2.05) is 6.07 Å². The molecule has 13 heavy (non-hydrogen) atoms. The maximum absolute atomic E-state index is 5.93. The number of aromatic nitrogens is 1. The van der Waals surface area contributed by atoms with Crippen LogP contribution in [0.15, 0.2) is 21.0 Å². The van der Waals surface area contributed by atoms with E-state index in [9.17, 15) is 0 Å². The Morgan fingerprint density at radius 3 is 3.00 bits per heavy atom. The zero-order chi connectivity index (χ0) is 9.42. The molecule has 0 saturated carbocycles. The number of nitrogens with two attached hydrogens (primary N) is 1. The molecule has 2 aromatic rings. The molecule has 5 heteroatoms. The van der Waals surface area contributed by atoms with Gasteiger partial charge in [-0.25, -0.2) is 4.98 Å². The first-order chi connectivity index (χ1) is 6.20. The molecule has 0 bridgehead atoms. The molecule has 0 unspecified atom stereocenters. The lowest BCUT2D eigenvalue weighted by molar-refractivity contribution is 0.533. The van der Waals surface area contributed by atoms with E-state index in [0.717, 1.165) is 9.99 Å². The number of rotatable bonds is 1. The van der Waals surface area contributed by atoms with Crippen LogP contribution in [-0.4, -0.2) is 4.98 Å². The van der Waals surface area contributed by atoms with Gasteiger partial charge in [0, 0.05) is 4.47 Å². The van der Waals surface area contributed by atoms with E-state index in [1.54, 1.807) is 6.07 Å². The maximum Gasteiger partial charge on any atom is 0.209 e. The summed E-state index contributed by atoms with van der Waals surface area (Å²) < 4.78 is 6.19. The molecule has 0 radical (unpaired) electrons. The summed E-state index contributed by atoms with van der Waals surface area (Å²) in [6, 6.07) is 3.60. The van der Waals surface area contributed by atoms with Gasteiger partial charge in [-0.3, -0.25) is 0 Å². The highest BCUT2D eigenvalue weighted by Gasteiger charge is 2.08. The van der Waals surface area contributed by atoms with Gasteiger partial charge in [0.2, 0.25) is 5.89 Å². The molecule has 0 atom stereocenters. The average Bonchev–Trinajstić information content (AvgIpc) is 2.47. The Morgan fingerprint density at radius 1 is 1.54 bits per heavy atom. The Morgan fingerprint density at radius 2 is 2.31 bits per heavy atom. The molecular weight excluding hydrogens is 255 g/mol. The topological polar surface area (TPSA) is 52.0 Å². The molecule has 2 N–H and O–H groups in total. The predicted molar refractivity (Wildman–Crippen MR) is 54.6 cm³/mol. The number of hydrogen-bond acceptors (Lipinski definition) is 3. The third-order valence-corrected chi connectivity index (χ3v) is 2.37. The van der Waals surface area contributed by atoms with Gasteiger partial charge in [0.1, 0.15) is 5.52 Å². The largest absolute Gasteiger partial charge is 0.438 e. The maximum atomic E-state index is 5.93. The Kier molecular flexibility index (Phi) is 2.27. The van der Waals surface area contributed by atoms with Crippen LogP contribution in [0.3, 0.4) is 0 Å². The van der Waals surface area contributed by atoms with Crippen molar-refractivity contribution in [3.8, 4) is 0 Å². The highest BCUT2D eigenvalue weighted by Crippen LogP contribution is 2.28. The van der Waals surface area contributed by atoms with Gasteiger partial charge in [-0.05, 0) is 12.1 Å². The van der Waals surface area contributed by atoms with Crippen LogP contribution in [-0.2, 0) is 6.54 Å². The lowest BCUT2D eigenvalue weighted by atomic mass is 10.3. The van der Waals surface area contributed by atoms with Gasteiger partial charge in [0.15, 0.2) is 5.58 Å². The molecule has 0 spiro atoms. The van der Waals surface area contributed by atoms with Crippen molar-refractivity contribution in [1.29, 1.82) is 0 Å². The number of nitrogens with zero attached hydrogens (tertiary/aromatic N) is 1. The van der Waals surface area contributed by atoms with E-state index in [2.05, 4.69) is 20.9 Å². The minimum Gasteiger partial charge on any atom is -0.438 e. The van der Waals surface area contributed by atoms with Crippen LogP contribution in [0.1, 0.15) is 5.89 Å². The quantitative estimate of drug-likeness (QED) is 0.859. The number of halogens is 2. The van der Waals surface area contributed by atoms with E-state index < -0.39 is 0 Å². The summed E-state index contributed by atoms with van der Waals surface area (Å²) in [5.74, 6) is 0.495. The monoisotopic (exact) mass is 260 g/mol. The van der Waals surface area contributed by atoms with Crippen molar-refractivity contribution in [2.45, 2.75) is 6.54 Å². The molecule has 3 nitrogen and oxygen atoms in total. The first kappa shape index (κ1) is 8.99. The molecule has 0 amide bonds. The fourth-order valence-electron chi connectivity index (χ4n) is 1.09. The van der Waals surface area contributed by atoms with Crippen LogP contribution >= 0.6 is 27.5 Å². The van der Waals surface area contributed by atoms with Gasteiger partial charge >= 0.3 is 0 Å². The lowest BCUT2D eigenvalue weighted by Gasteiger charge is -1.91. The van der Waals surface area contributed by atoms with E-state index in [0.29, 0.717) is 16.5 Å². The molecule has 1 aromatic heterocycles. The van der Waals surface area contributed by atoms with Gasteiger partial charge in [-0.15, -0.1) is 0 Å². The van der Waals surface area contributed by atoms with Gasteiger partial charge in [0.05, 0.1) is 11.6 Å². The first-order valence-electron chi connectivity index (χ1n) is 3.65. The van der Waals surface area contributed by atoms with Crippen molar-refractivity contribution in [2.75, 3.05) is 0 Å². The van der Waals surface area contributed by atoms with Crippen LogP contribution in [0.2, 0.25) is 5.02 Å². The van der Waals surface area contributed by atoms with Crippen LogP contribution in [0, 0.1) is 0 Å². The Hall–Kier alpha value is -0.580. The molecule has 0 fully saturated rings. The third kappa shape index (κ3) is 1.57. The second-order valence-corrected chi connectivity index (χ2v) is 3.87. The zero-order valence-electron chi connectivity index (χ0n) is 6.55. The molecule has 2 rings (SSSR count). The normalized spacial score (nSPS) is 11.0. The molecule has 0 aliphatic rings. The standard InChI is InChI=1S/C8H6BrClN2O/c9-4-1-5(10)8-6(2-4)12-7(3-11)13-8/h1-2H,3,11H2. The Balaban J connectivity index is 2.75. The van der Waals surface area contributed by atoms with Crippen molar-refractivity contribution in [1.82, 2.24) is 4.98 Å². The summed E-state index contributed by atoms with van der Waals surface area (Å²) in [4.78, 5) is 4.15. The van der Waals surface area contributed by atoms with Crippen molar-refractivity contribution in [2.24, 2.45) is 5.73 Å². The highest BCUT2D eigenvalue weighted by atomic mass is 79.9. The molecule has 1 aromatic carbocycles. The van der Waals surface area contributed by atoms with E-state index in [-0.39, 0.29) is 6.54 Å². The number of oxazole rings is 1. The van der Waals surface area contributed by atoms with Crippen LogP contribution < -0.4 is 5.73 Å². The molecule has 68 valence electrons. The summed E-state index contributed by atoms with van der Waals surface area (Å²) in [6.45, 7) is 0.280. The van der Waals surface area contributed by atoms with Gasteiger partial charge in [-0.2, -0.15) is 0 Å². The van der Waals surface area contributed by atoms with Gasteiger partial charge < -0.3 is 10.2 Å². The highest BCUT2D eigenvalue weighted by molar-refractivity contribution is 9.10. The van der Waals surface area contributed by atoms with Crippen LogP contribution in [0.25, 0.3) is 11.1 Å². The van der Waals surface area contributed by atoms with Crippen LogP contribution in [0.5, 0.6) is 0 Å². The predicted octanol–water partition coefficient (Wildman–Crippen LogP) is 2.70. The summed E-state index contributed by atoms with van der Waals surface area (Å²) in [5.41, 5.74) is 6.70. The molecule has 0 saturated heterocycles. The smallest absolute Gasteiger partial charge is 0.209 e. The SMILES string of the molecule is NCc1nc2cc(Br)cc(Cl)c2o1. The van der Waals surface area contributed by atoms with Crippen molar-refractivity contribution in [3.63, 3.8) is 0 Å². The fourth-order valence-corrected chi connectivity index (χ4v) is 1.92. The Bertz CT molecular complexity index is 455. The Labute approximate surface area is 88.0 Å². The van der Waals surface area contributed by atoms with Crippen LogP contribution in [0.4, 0.5) is 0 Å². The van der Waals surface area contributed by atoms with E-state index in [1.165, 1.54) is 0 Å². The molecular formula is C8H6BrClN2O. The van der Waals surface area contributed by atoms with E-state index >= 15 is 0 Å². The first-order valence-corrected chi connectivity index (χ1v) is 4.82. The molecule has 1 heterocycles. The zero-order valence-corrected chi connectivity index (χ0v) is 8.89. The number of benzene rings is 1. The van der Waals surface area contributed by atoms with Gasteiger partial charge in [0.25, 0.3) is 0 Å². The third-order valence-electron chi connectivity index (χ3n) is 1.63. The minimum atomic E-state index is 0.280. The summed E-state index contributed by atoms with van der Waals surface area (Å²) in [5, 5.41) is 0.538. The summed E-state index contributed by atoms with van der Waals surface area (Å²) in [7, 11) is 0. The van der Waals surface area contributed by atoms with Crippen molar-refractivity contribution < 1.29 is 4.42 Å². The molecule has 0 aliphatic carbocycles. The fraction of sp³-hybridized carbons (Fsp3) is 0.125. The minimum absolute atomic E-state index is 0.280. The lowest BCUT2D eigenvalue weighted by Crippen LogP contribution is -1.94. The second kappa shape index (κ2) is 3.29. The van der Waals surface area contributed by atoms with Crippen molar-refractivity contribution in [3.05, 3.63) is 27.5 Å². The number of hydrogen-bond donors (Lipinski definition) is 1. The summed E-state index contributed by atoms with van der Waals surface area (Å²) >= 11 is 9.25. The van der Waals surface area contributed by atoms with Crippen molar-refractivity contribution >= 4 is 38.6 Å². The molecule has 0 aliphatic heterocycles. The van der Waals surface area contributed by atoms with E-state index in [4.69, 9.17) is 21.8 Å². The average molecular weight is 262 g/mol. The summed E-state index contributed by atoms with van der Waals surface area (Å²) in [6.07, 6.45) is 0. The van der Waals surface area contributed by atoms with Gasteiger partial charge in [-0.1, -0.05) is 27.5 Å². The second-order valence-electron chi connectivity index (χ2n) is 2.55. The number of fused-ring (bicyclic) bond motifs is 1.